The molecule has 0 aliphatic rings. The van der Waals surface area contributed by atoms with Gasteiger partial charge in [0.15, 0.2) is 5.82 Å². The highest BCUT2D eigenvalue weighted by Gasteiger charge is 2.23. The van der Waals surface area contributed by atoms with E-state index in [1.54, 1.807) is 25.2 Å². The van der Waals surface area contributed by atoms with E-state index in [2.05, 4.69) is 26.7 Å². The lowest BCUT2D eigenvalue weighted by Crippen LogP contribution is -2.51. The summed E-state index contributed by atoms with van der Waals surface area (Å²) in [7, 11) is 0. The number of thiophene rings is 1. The van der Waals surface area contributed by atoms with Crippen LogP contribution in [0.3, 0.4) is 0 Å². The summed E-state index contributed by atoms with van der Waals surface area (Å²) >= 11 is 8.26. The quantitative estimate of drug-likeness (QED) is 0.230. The summed E-state index contributed by atoms with van der Waals surface area (Å²) in [5.41, 5.74) is 7.07. The summed E-state index contributed by atoms with van der Waals surface area (Å²) in [4.78, 5) is 20.4. The number of nitrogens with zero attached hydrogens (tertiary/aromatic N) is 3. The summed E-state index contributed by atoms with van der Waals surface area (Å²) in [5.74, 6) is 1.58. The fourth-order valence-electron chi connectivity index (χ4n) is 3.86. The minimum Gasteiger partial charge on any atom is -0.455 e. The zero-order valence-corrected chi connectivity index (χ0v) is 21.4. The van der Waals surface area contributed by atoms with E-state index in [-0.39, 0.29) is 0 Å². The van der Waals surface area contributed by atoms with E-state index in [1.165, 1.54) is 6.33 Å². The molecule has 5 aromatic rings. The molecule has 2 aromatic carbocycles. The van der Waals surface area contributed by atoms with Gasteiger partial charge in [-0.05, 0) is 61.7 Å². The number of nitrogens with one attached hydrogen (secondary N) is 2. The second-order valence-corrected chi connectivity index (χ2v) is 10.2. The first-order chi connectivity index (χ1) is 17.3. The molecule has 0 aliphatic carbocycles. The molecule has 0 saturated carbocycles. The SMILES string of the molecule is CC(C)(NCCn1ccc2ncnc(Nc3ccc(Oc4cccc5sccc45)c(Cl)c3)c21)C(N)=O. The summed E-state index contributed by atoms with van der Waals surface area (Å²) in [6.07, 6.45) is 3.46. The van der Waals surface area contributed by atoms with Gasteiger partial charge in [-0.1, -0.05) is 17.7 Å². The molecule has 0 spiro atoms. The number of hydrogen-bond acceptors (Lipinski definition) is 7. The molecule has 184 valence electrons. The standard InChI is InChI=1S/C26H25ClN6O2S/c1-26(2,25(28)34)31-10-12-33-11-8-19-23(33)24(30-15-29-19)32-16-6-7-21(18(27)14-16)35-20-4-3-5-22-17(20)9-13-36-22/h3-9,11,13-15,31H,10,12H2,1-2H3,(H2,28,34)(H,29,30,32). The topological polar surface area (TPSA) is 107 Å². The highest BCUT2D eigenvalue weighted by atomic mass is 35.5. The normalized spacial score (nSPS) is 11.8. The highest BCUT2D eigenvalue weighted by molar-refractivity contribution is 7.17. The molecule has 36 heavy (non-hydrogen) atoms. The second-order valence-electron chi connectivity index (χ2n) is 8.84. The number of hydrogen-bond donors (Lipinski definition) is 3. The Hall–Kier alpha value is -3.66. The Kier molecular flexibility index (Phi) is 6.53. The number of carbonyl (C=O) groups excluding carboxylic acids is 1. The molecular formula is C26H25ClN6O2S. The van der Waals surface area contributed by atoms with Crippen molar-refractivity contribution < 1.29 is 9.53 Å². The van der Waals surface area contributed by atoms with Gasteiger partial charge < -0.3 is 25.7 Å². The number of aromatic nitrogens is 3. The van der Waals surface area contributed by atoms with Crippen molar-refractivity contribution in [2.75, 3.05) is 11.9 Å². The Morgan fingerprint density at radius 3 is 2.83 bits per heavy atom. The Balaban J connectivity index is 1.35. The van der Waals surface area contributed by atoms with Crippen LogP contribution in [0.25, 0.3) is 21.1 Å². The van der Waals surface area contributed by atoms with Gasteiger partial charge in [0.2, 0.25) is 5.91 Å². The van der Waals surface area contributed by atoms with E-state index in [9.17, 15) is 4.79 Å². The molecule has 0 aliphatic heterocycles. The van der Waals surface area contributed by atoms with Gasteiger partial charge in [-0.15, -0.1) is 11.3 Å². The van der Waals surface area contributed by atoms with Gasteiger partial charge in [0.1, 0.15) is 23.3 Å². The van der Waals surface area contributed by atoms with Gasteiger partial charge in [0, 0.05) is 35.1 Å². The van der Waals surface area contributed by atoms with Crippen molar-refractivity contribution in [3.05, 3.63) is 71.5 Å². The number of primary amides is 1. The maximum Gasteiger partial charge on any atom is 0.237 e. The predicted octanol–water partition coefficient (Wildman–Crippen LogP) is 5.69. The number of rotatable bonds is 9. The molecule has 0 fully saturated rings. The van der Waals surface area contributed by atoms with Crippen LogP contribution >= 0.6 is 22.9 Å². The summed E-state index contributed by atoms with van der Waals surface area (Å²) in [6, 6.07) is 15.5. The van der Waals surface area contributed by atoms with E-state index in [0.717, 1.165) is 32.6 Å². The highest BCUT2D eigenvalue weighted by Crippen LogP contribution is 2.37. The molecule has 3 aromatic heterocycles. The first kappa shape index (κ1) is 24.1. The van der Waals surface area contributed by atoms with E-state index < -0.39 is 11.4 Å². The van der Waals surface area contributed by atoms with Gasteiger partial charge in [0.05, 0.1) is 16.1 Å². The number of amides is 1. The molecule has 5 rings (SSSR count). The average Bonchev–Trinajstić information content (AvgIpc) is 3.49. The maximum absolute atomic E-state index is 11.6. The molecule has 0 atom stereocenters. The molecule has 4 N–H and O–H groups in total. The fourth-order valence-corrected chi connectivity index (χ4v) is 4.88. The Morgan fingerprint density at radius 1 is 1.17 bits per heavy atom. The van der Waals surface area contributed by atoms with Crippen molar-refractivity contribution in [2.24, 2.45) is 5.73 Å². The first-order valence-corrected chi connectivity index (χ1v) is 12.6. The van der Waals surface area contributed by atoms with Crippen LogP contribution in [-0.2, 0) is 11.3 Å². The number of nitrogens with two attached hydrogens (primary N) is 1. The maximum atomic E-state index is 11.6. The molecule has 10 heteroatoms. The lowest BCUT2D eigenvalue weighted by molar-refractivity contribution is -0.123. The van der Waals surface area contributed by atoms with Crippen molar-refractivity contribution in [2.45, 2.75) is 25.9 Å². The third-order valence-electron chi connectivity index (χ3n) is 5.96. The third-order valence-corrected chi connectivity index (χ3v) is 7.13. The Morgan fingerprint density at radius 2 is 2.03 bits per heavy atom. The zero-order chi connectivity index (χ0) is 25.3. The van der Waals surface area contributed by atoms with Crippen LogP contribution in [0.1, 0.15) is 13.8 Å². The van der Waals surface area contributed by atoms with Gasteiger partial charge in [-0.2, -0.15) is 0 Å². The van der Waals surface area contributed by atoms with Crippen LogP contribution in [0.2, 0.25) is 5.02 Å². The minimum absolute atomic E-state index is 0.401. The Labute approximate surface area is 217 Å². The van der Waals surface area contributed by atoms with Crippen LogP contribution in [-0.4, -0.2) is 32.5 Å². The van der Waals surface area contributed by atoms with Crippen LogP contribution in [0.5, 0.6) is 11.5 Å². The predicted molar refractivity (Wildman–Crippen MR) is 145 cm³/mol. The van der Waals surface area contributed by atoms with Crippen LogP contribution in [0, 0.1) is 0 Å². The Bertz CT molecular complexity index is 1560. The van der Waals surface area contributed by atoms with E-state index >= 15 is 0 Å². The largest absolute Gasteiger partial charge is 0.455 e. The second kappa shape index (κ2) is 9.77. The molecule has 8 nitrogen and oxygen atoms in total. The van der Waals surface area contributed by atoms with Gasteiger partial charge in [-0.25, -0.2) is 9.97 Å². The van der Waals surface area contributed by atoms with Crippen molar-refractivity contribution in [3.8, 4) is 11.5 Å². The number of carbonyl (C=O) groups is 1. The van der Waals surface area contributed by atoms with Crippen LogP contribution in [0.4, 0.5) is 11.5 Å². The smallest absolute Gasteiger partial charge is 0.237 e. The van der Waals surface area contributed by atoms with Crippen LogP contribution in [0.15, 0.2) is 66.4 Å². The molecule has 0 saturated heterocycles. The number of ether oxygens (including phenoxy) is 1. The van der Waals surface area contributed by atoms with Gasteiger partial charge >= 0.3 is 0 Å². The molecular weight excluding hydrogens is 496 g/mol. The van der Waals surface area contributed by atoms with Crippen LogP contribution < -0.4 is 21.1 Å². The molecule has 3 heterocycles. The van der Waals surface area contributed by atoms with Crippen molar-refractivity contribution in [1.82, 2.24) is 19.9 Å². The average molecular weight is 521 g/mol. The van der Waals surface area contributed by atoms with Gasteiger partial charge in [-0.3, -0.25) is 4.79 Å². The van der Waals surface area contributed by atoms with E-state index in [4.69, 9.17) is 22.1 Å². The summed E-state index contributed by atoms with van der Waals surface area (Å²) in [5, 5.41) is 10.1. The third kappa shape index (κ3) is 4.86. The molecule has 0 unspecified atom stereocenters. The molecule has 0 bridgehead atoms. The summed E-state index contributed by atoms with van der Waals surface area (Å²) in [6.45, 7) is 4.67. The number of fused-ring (bicyclic) bond motifs is 2. The van der Waals surface area contributed by atoms with Crippen molar-refractivity contribution in [1.29, 1.82) is 0 Å². The first-order valence-electron chi connectivity index (χ1n) is 11.4. The zero-order valence-electron chi connectivity index (χ0n) is 19.8. The lowest BCUT2D eigenvalue weighted by Gasteiger charge is -2.22. The number of benzene rings is 2. The summed E-state index contributed by atoms with van der Waals surface area (Å²) < 4.78 is 9.32. The number of anilines is 2. The van der Waals surface area contributed by atoms with Crippen molar-refractivity contribution in [3.63, 3.8) is 0 Å². The number of halogens is 1. The lowest BCUT2D eigenvalue weighted by atomic mass is 10.1. The fraction of sp³-hybridized carbons (Fsp3) is 0.192. The molecule has 1 amide bonds. The minimum atomic E-state index is -0.796. The van der Waals surface area contributed by atoms with E-state index in [1.807, 2.05) is 58.6 Å². The monoisotopic (exact) mass is 520 g/mol. The van der Waals surface area contributed by atoms with Crippen molar-refractivity contribution >= 4 is 61.5 Å². The van der Waals surface area contributed by atoms with E-state index in [0.29, 0.717) is 29.7 Å². The molecule has 0 radical (unpaired) electrons. The van der Waals surface area contributed by atoms with Gasteiger partial charge in [0.25, 0.3) is 0 Å².